The van der Waals surface area contributed by atoms with Crippen LogP contribution < -0.4 is 4.90 Å². The van der Waals surface area contributed by atoms with Crippen LogP contribution in [0.25, 0.3) is 0 Å². The number of hydrogen-bond donors (Lipinski definition) is 0. The largest absolute Gasteiger partial charge is 0.332 e. The Morgan fingerprint density at radius 2 is 2.15 bits per heavy atom. The molecule has 102 valence electrons. The van der Waals surface area contributed by atoms with E-state index in [1.54, 1.807) is 30.6 Å². The van der Waals surface area contributed by atoms with E-state index in [0.717, 1.165) is 17.8 Å². The third-order valence-corrected chi connectivity index (χ3v) is 3.28. The van der Waals surface area contributed by atoms with E-state index in [0.29, 0.717) is 16.3 Å². The molecule has 0 spiro atoms. The van der Waals surface area contributed by atoms with Gasteiger partial charge in [0.15, 0.2) is 6.29 Å². The number of pyridine rings is 1. The number of amidine groups is 1. The van der Waals surface area contributed by atoms with Crippen LogP contribution >= 0.6 is 11.6 Å². The van der Waals surface area contributed by atoms with Crippen LogP contribution in [-0.4, -0.2) is 24.2 Å². The van der Waals surface area contributed by atoms with Gasteiger partial charge in [-0.15, -0.1) is 0 Å². The van der Waals surface area contributed by atoms with Gasteiger partial charge in [-0.25, -0.2) is 4.99 Å². The Hall–Kier alpha value is -2.20. The number of anilines is 1. The minimum atomic E-state index is 0.396. The molecule has 0 radical (unpaired) electrons. The molecule has 0 saturated carbocycles. The van der Waals surface area contributed by atoms with E-state index in [-0.39, 0.29) is 0 Å². The first-order valence-electron chi connectivity index (χ1n) is 6.06. The maximum Gasteiger partial charge on any atom is 0.153 e. The molecule has 5 heteroatoms. The zero-order valence-electron chi connectivity index (χ0n) is 11.2. The Morgan fingerprint density at radius 3 is 2.80 bits per heavy atom. The van der Waals surface area contributed by atoms with Crippen molar-refractivity contribution >= 4 is 35.1 Å². The van der Waals surface area contributed by atoms with Crippen molar-refractivity contribution in [1.29, 1.82) is 0 Å². The second kappa shape index (κ2) is 6.30. The minimum absolute atomic E-state index is 0.396. The standard InChI is InChI=1S/C15H14ClN3O/c1-11(19(2)12-5-4-8-17-9-12)18-15-7-3-6-14(16)13(15)10-20/h3-10H,1-2H3. The molecule has 0 aliphatic rings. The van der Waals surface area contributed by atoms with E-state index >= 15 is 0 Å². The Kier molecular flexibility index (Phi) is 4.48. The molecule has 1 heterocycles. The van der Waals surface area contributed by atoms with Gasteiger partial charge in [0.2, 0.25) is 0 Å². The van der Waals surface area contributed by atoms with Crippen molar-refractivity contribution < 1.29 is 4.79 Å². The van der Waals surface area contributed by atoms with E-state index in [1.807, 2.05) is 31.0 Å². The Balaban J connectivity index is 2.36. The number of hydrogen-bond acceptors (Lipinski definition) is 3. The summed E-state index contributed by atoms with van der Waals surface area (Å²) in [6.45, 7) is 1.86. The average molecular weight is 288 g/mol. The Morgan fingerprint density at radius 1 is 1.35 bits per heavy atom. The molecule has 2 aromatic rings. The molecule has 0 amide bonds. The van der Waals surface area contributed by atoms with E-state index in [1.165, 1.54) is 0 Å². The lowest BCUT2D eigenvalue weighted by Gasteiger charge is -2.18. The highest BCUT2D eigenvalue weighted by Crippen LogP contribution is 2.25. The molecule has 0 bridgehead atoms. The van der Waals surface area contributed by atoms with Crippen molar-refractivity contribution in [2.75, 3.05) is 11.9 Å². The molecule has 20 heavy (non-hydrogen) atoms. The van der Waals surface area contributed by atoms with Gasteiger partial charge >= 0.3 is 0 Å². The Labute approximate surface area is 122 Å². The zero-order chi connectivity index (χ0) is 14.5. The molecule has 4 nitrogen and oxygen atoms in total. The van der Waals surface area contributed by atoms with Crippen LogP contribution in [0.5, 0.6) is 0 Å². The molecule has 1 aromatic heterocycles. The average Bonchev–Trinajstić information content (AvgIpc) is 2.47. The van der Waals surface area contributed by atoms with Gasteiger partial charge in [0.1, 0.15) is 5.84 Å². The SMILES string of the molecule is CC(=Nc1cccc(Cl)c1C=O)N(C)c1cccnc1. The van der Waals surface area contributed by atoms with Crippen LogP contribution in [0.15, 0.2) is 47.7 Å². The summed E-state index contributed by atoms with van der Waals surface area (Å²) in [5.41, 5.74) is 1.87. The van der Waals surface area contributed by atoms with E-state index < -0.39 is 0 Å². The topological polar surface area (TPSA) is 45.6 Å². The molecule has 0 aliphatic heterocycles. The third kappa shape index (κ3) is 3.03. The van der Waals surface area contributed by atoms with Gasteiger partial charge in [0, 0.05) is 13.2 Å². The van der Waals surface area contributed by atoms with Crippen LogP contribution in [0.3, 0.4) is 0 Å². The summed E-state index contributed by atoms with van der Waals surface area (Å²) in [5, 5.41) is 0.401. The summed E-state index contributed by atoms with van der Waals surface area (Å²) >= 11 is 5.99. The molecule has 0 unspecified atom stereocenters. The van der Waals surface area contributed by atoms with Gasteiger partial charge in [-0.3, -0.25) is 9.78 Å². The second-order valence-electron chi connectivity index (χ2n) is 4.22. The molecule has 0 saturated heterocycles. The summed E-state index contributed by atoms with van der Waals surface area (Å²) in [6, 6.07) is 8.99. The summed E-state index contributed by atoms with van der Waals surface area (Å²) in [5.74, 6) is 0.739. The fourth-order valence-corrected chi connectivity index (χ4v) is 1.94. The zero-order valence-corrected chi connectivity index (χ0v) is 12.0. The third-order valence-electron chi connectivity index (χ3n) is 2.95. The van der Waals surface area contributed by atoms with E-state index in [2.05, 4.69) is 9.98 Å². The van der Waals surface area contributed by atoms with Gasteiger partial charge in [-0.2, -0.15) is 0 Å². The molecule has 0 atom stereocenters. The first-order chi connectivity index (χ1) is 9.63. The predicted octanol–water partition coefficient (Wildman–Crippen LogP) is 3.73. The van der Waals surface area contributed by atoms with Gasteiger partial charge in [-0.05, 0) is 31.2 Å². The fraction of sp³-hybridized carbons (Fsp3) is 0.133. The van der Waals surface area contributed by atoms with Crippen LogP contribution in [-0.2, 0) is 0 Å². The lowest BCUT2D eigenvalue weighted by molar-refractivity contribution is 0.112. The van der Waals surface area contributed by atoms with Crippen molar-refractivity contribution in [2.45, 2.75) is 6.92 Å². The van der Waals surface area contributed by atoms with Crippen molar-refractivity contribution in [2.24, 2.45) is 4.99 Å². The highest BCUT2D eigenvalue weighted by atomic mass is 35.5. The molecule has 0 fully saturated rings. The number of carbonyl (C=O) groups is 1. The van der Waals surface area contributed by atoms with Gasteiger partial charge < -0.3 is 4.90 Å². The smallest absolute Gasteiger partial charge is 0.153 e. The van der Waals surface area contributed by atoms with Crippen molar-refractivity contribution in [3.63, 3.8) is 0 Å². The highest BCUT2D eigenvalue weighted by molar-refractivity contribution is 6.33. The number of benzene rings is 1. The Bertz CT molecular complexity index is 641. The molecular formula is C15H14ClN3O. The highest BCUT2D eigenvalue weighted by Gasteiger charge is 2.08. The number of carbonyl (C=O) groups excluding carboxylic acids is 1. The fourth-order valence-electron chi connectivity index (χ4n) is 1.73. The maximum absolute atomic E-state index is 11.1. The van der Waals surface area contributed by atoms with Gasteiger partial charge in [0.25, 0.3) is 0 Å². The lowest BCUT2D eigenvalue weighted by Crippen LogP contribution is -2.23. The van der Waals surface area contributed by atoms with Crippen molar-refractivity contribution in [3.8, 4) is 0 Å². The molecule has 0 N–H and O–H groups in total. The number of halogens is 1. The summed E-state index contributed by atoms with van der Waals surface area (Å²) in [4.78, 5) is 21.5. The van der Waals surface area contributed by atoms with E-state index in [9.17, 15) is 4.79 Å². The van der Waals surface area contributed by atoms with Crippen LogP contribution in [0.4, 0.5) is 11.4 Å². The molecule has 1 aromatic carbocycles. The van der Waals surface area contributed by atoms with Gasteiger partial charge in [-0.1, -0.05) is 17.7 Å². The number of aliphatic imine (C=N–C) groups is 1. The van der Waals surface area contributed by atoms with Crippen molar-refractivity contribution in [3.05, 3.63) is 53.3 Å². The van der Waals surface area contributed by atoms with Crippen LogP contribution in [0.2, 0.25) is 5.02 Å². The van der Waals surface area contributed by atoms with E-state index in [4.69, 9.17) is 11.6 Å². The van der Waals surface area contributed by atoms with Crippen molar-refractivity contribution in [1.82, 2.24) is 4.98 Å². The quantitative estimate of drug-likeness (QED) is 0.491. The minimum Gasteiger partial charge on any atom is -0.332 e. The van der Waals surface area contributed by atoms with Crippen LogP contribution in [0.1, 0.15) is 17.3 Å². The predicted molar refractivity (Wildman–Crippen MR) is 82.2 cm³/mol. The number of aldehydes is 1. The maximum atomic E-state index is 11.1. The van der Waals surface area contributed by atoms with Crippen LogP contribution in [0, 0.1) is 0 Å². The molecule has 0 aliphatic carbocycles. The summed E-state index contributed by atoms with van der Waals surface area (Å²) in [6.07, 6.45) is 4.18. The summed E-state index contributed by atoms with van der Waals surface area (Å²) < 4.78 is 0. The number of aromatic nitrogens is 1. The summed E-state index contributed by atoms with van der Waals surface area (Å²) in [7, 11) is 1.89. The number of nitrogens with zero attached hydrogens (tertiary/aromatic N) is 3. The monoisotopic (exact) mass is 287 g/mol. The first kappa shape index (κ1) is 14.2. The lowest BCUT2D eigenvalue weighted by atomic mass is 10.2. The second-order valence-corrected chi connectivity index (χ2v) is 4.63. The number of rotatable bonds is 3. The van der Waals surface area contributed by atoms with Gasteiger partial charge in [0.05, 0.1) is 28.2 Å². The first-order valence-corrected chi connectivity index (χ1v) is 6.44. The molecular weight excluding hydrogens is 274 g/mol. The normalized spacial score (nSPS) is 11.2. The molecule has 2 rings (SSSR count).